The molecular formula is C14H12Cl2N4O. The van der Waals surface area contributed by atoms with Crippen molar-refractivity contribution in [1.82, 2.24) is 9.97 Å². The molecule has 0 atom stereocenters. The van der Waals surface area contributed by atoms with Crippen LogP contribution in [0.4, 0.5) is 5.82 Å². The molecule has 2 heterocycles. The molecule has 5 nitrogen and oxygen atoms in total. The maximum Gasteiger partial charge on any atom is 0.148 e. The van der Waals surface area contributed by atoms with Gasteiger partial charge < -0.3 is 10.0 Å². The number of aromatic nitrogens is 2. The Bertz CT molecular complexity index is 655. The molecule has 0 spiro atoms. The minimum Gasteiger partial charge on any atom is -0.395 e. The summed E-state index contributed by atoms with van der Waals surface area (Å²) in [5.41, 5.74) is 1.29. The Morgan fingerprint density at radius 2 is 1.95 bits per heavy atom. The van der Waals surface area contributed by atoms with Crippen LogP contribution in [0.1, 0.15) is 11.1 Å². The molecule has 2 aromatic heterocycles. The van der Waals surface area contributed by atoms with Gasteiger partial charge in [0, 0.05) is 19.3 Å². The summed E-state index contributed by atoms with van der Waals surface area (Å²) in [5, 5.41) is 19.1. The van der Waals surface area contributed by atoms with Crippen molar-refractivity contribution in [2.75, 3.05) is 18.1 Å². The molecule has 1 N–H and O–H groups in total. The SMILES string of the molecule is N#Cc1ccc(Cl)nc1N(CCO)Cc1ccc(Cl)nc1. The van der Waals surface area contributed by atoms with Gasteiger partial charge in [-0.25, -0.2) is 9.97 Å². The van der Waals surface area contributed by atoms with Crippen molar-refractivity contribution < 1.29 is 5.11 Å². The molecule has 21 heavy (non-hydrogen) atoms. The average Bonchev–Trinajstić information content (AvgIpc) is 2.49. The van der Waals surface area contributed by atoms with Gasteiger partial charge in [0.1, 0.15) is 22.2 Å². The van der Waals surface area contributed by atoms with E-state index in [-0.39, 0.29) is 6.61 Å². The molecular weight excluding hydrogens is 311 g/mol. The van der Waals surface area contributed by atoms with Crippen molar-refractivity contribution in [3.63, 3.8) is 0 Å². The number of aliphatic hydroxyl groups excluding tert-OH is 1. The van der Waals surface area contributed by atoms with Gasteiger partial charge in [0.25, 0.3) is 0 Å². The summed E-state index contributed by atoms with van der Waals surface area (Å²) >= 11 is 11.7. The number of rotatable bonds is 5. The van der Waals surface area contributed by atoms with Crippen molar-refractivity contribution >= 4 is 29.0 Å². The van der Waals surface area contributed by atoms with Crippen molar-refractivity contribution in [1.29, 1.82) is 5.26 Å². The van der Waals surface area contributed by atoms with Crippen LogP contribution >= 0.6 is 23.2 Å². The molecule has 7 heteroatoms. The highest BCUT2D eigenvalue weighted by Gasteiger charge is 2.14. The summed E-state index contributed by atoms with van der Waals surface area (Å²) < 4.78 is 0. The van der Waals surface area contributed by atoms with Crippen LogP contribution in [-0.4, -0.2) is 28.2 Å². The van der Waals surface area contributed by atoms with E-state index in [1.807, 2.05) is 6.07 Å². The monoisotopic (exact) mass is 322 g/mol. The van der Waals surface area contributed by atoms with Gasteiger partial charge >= 0.3 is 0 Å². The van der Waals surface area contributed by atoms with E-state index in [1.54, 1.807) is 29.3 Å². The van der Waals surface area contributed by atoms with Gasteiger partial charge in [-0.15, -0.1) is 0 Å². The lowest BCUT2D eigenvalue weighted by atomic mass is 10.2. The highest BCUT2D eigenvalue weighted by Crippen LogP contribution is 2.22. The smallest absolute Gasteiger partial charge is 0.148 e. The maximum atomic E-state index is 9.23. The Hall–Kier alpha value is -1.87. The lowest BCUT2D eigenvalue weighted by Gasteiger charge is -2.23. The first kappa shape index (κ1) is 15.5. The normalized spacial score (nSPS) is 10.2. The summed E-state index contributed by atoms with van der Waals surface area (Å²) in [6, 6.07) is 8.76. The molecule has 0 saturated carbocycles. The standard InChI is InChI=1S/C14H12Cl2N4O/c15-12-3-1-10(8-18-12)9-20(5-6-21)14-11(7-17)2-4-13(16)19-14/h1-4,8,21H,5-6,9H2. The van der Waals surface area contributed by atoms with E-state index in [0.29, 0.717) is 34.8 Å². The van der Waals surface area contributed by atoms with Crippen LogP contribution in [-0.2, 0) is 6.54 Å². The number of hydrogen-bond acceptors (Lipinski definition) is 5. The van der Waals surface area contributed by atoms with E-state index >= 15 is 0 Å². The Morgan fingerprint density at radius 1 is 1.19 bits per heavy atom. The van der Waals surface area contributed by atoms with E-state index < -0.39 is 0 Å². The molecule has 0 aromatic carbocycles. The zero-order valence-electron chi connectivity index (χ0n) is 11.0. The highest BCUT2D eigenvalue weighted by molar-refractivity contribution is 6.29. The van der Waals surface area contributed by atoms with Crippen molar-refractivity contribution in [2.45, 2.75) is 6.54 Å². The van der Waals surface area contributed by atoms with E-state index in [9.17, 15) is 10.4 Å². The third-order valence-electron chi connectivity index (χ3n) is 2.79. The van der Waals surface area contributed by atoms with Crippen LogP contribution in [0.15, 0.2) is 30.5 Å². The highest BCUT2D eigenvalue weighted by atomic mass is 35.5. The zero-order valence-corrected chi connectivity index (χ0v) is 12.5. The summed E-state index contributed by atoms with van der Waals surface area (Å²) in [7, 11) is 0. The van der Waals surface area contributed by atoms with Crippen molar-refractivity contribution in [3.8, 4) is 6.07 Å². The van der Waals surface area contributed by atoms with Crippen LogP contribution in [0.25, 0.3) is 0 Å². The topological polar surface area (TPSA) is 73.0 Å². The van der Waals surface area contributed by atoms with Crippen molar-refractivity contribution in [3.05, 3.63) is 51.9 Å². The van der Waals surface area contributed by atoms with Crippen LogP contribution in [0.3, 0.4) is 0 Å². The fourth-order valence-electron chi connectivity index (χ4n) is 1.85. The van der Waals surface area contributed by atoms with E-state index in [4.69, 9.17) is 23.2 Å². The minimum atomic E-state index is -0.0694. The molecule has 0 radical (unpaired) electrons. The number of aliphatic hydroxyl groups is 1. The summed E-state index contributed by atoms with van der Waals surface area (Å²) in [5.74, 6) is 0.439. The summed E-state index contributed by atoms with van der Waals surface area (Å²) in [6.07, 6.45) is 1.64. The number of nitrogens with zero attached hydrogens (tertiary/aromatic N) is 4. The number of nitriles is 1. The van der Waals surface area contributed by atoms with Gasteiger partial charge in [0.15, 0.2) is 0 Å². The van der Waals surface area contributed by atoms with Gasteiger partial charge in [-0.3, -0.25) is 0 Å². The predicted molar refractivity (Wildman–Crippen MR) is 81.3 cm³/mol. The lowest BCUT2D eigenvalue weighted by Crippen LogP contribution is -2.28. The molecule has 0 unspecified atom stereocenters. The Labute approximate surface area is 132 Å². The number of anilines is 1. The number of hydrogen-bond donors (Lipinski definition) is 1. The third kappa shape index (κ3) is 4.05. The molecule has 0 aliphatic heterocycles. The van der Waals surface area contributed by atoms with Gasteiger partial charge in [-0.1, -0.05) is 29.3 Å². The molecule has 0 amide bonds. The first-order valence-electron chi connectivity index (χ1n) is 6.17. The van der Waals surface area contributed by atoms with E-state index in [0.717, 1.165) is 5.56 Å². The zero-order chi connectivity index (χ0) is 15.2. The van der Waals surface area contributed by atoms with Crippen LogP contribution < -0.4 is 4.90 Å². The lowest BCUT2D eigenvalue weighted by molar-refractivity contribution is 0.301. The van der Waals surface area contributed by atoms with Gasteiger partial charge in [-0.05, 0) is 23.8 Å². The Kier molecular flexibility index (Phi) is 5.34. The second kappa shape index (κ2) is 7.23. The van der Waals surface area contributed by atoms with Crippen LogP contribution in [0.5, 0.6) is 0 Å². The van der Waals surface area contributed by atoms with Crippen LogP contribution in [0.2, 0.25) is 10.3 Å². The first-order chi connectivity index (χ1) is 10.1. The molecule has 0 aliphatic carbocycles. The second-order valence-corrected chi connectivity index (χ2v) is 5.03. The molecule has 0 saturated heterocycles. The van der Waals surface area contributed by atoms with Crippen molar-refractivity contribution in [2.24, 2.45) is 0 Å². The Morgan fingerprint density at radius 3 is 2.57 bits per heavy atom. The predicted octanol–water partition coefficient (Wildman–Crippen LogP) is 2.65. The van der Waals surface area contributed by atoms with Gasteiger partial charge in [-0.2, -0.15) is 5.26 Å². The third-order valence-corrected chi connectivity index (χ3v) is 3.23. The van der Waals surface area contributed by atoms with E-state index in [2.05, 4.69) is 16.0 Å². The quantitative estimate of drug-likeness (QED) is 0.857. The van der Waals surface area contributed by atoms with Gasteiger partial charge in [0.2, 0.25) is 0 Å². The molecule has 0 bridgehead atoms. The van der Waals surface area contributed by atoms with Gasteiger partial charge in [0.05, 0.1) is 12.2 Å². The molecule has 0 fully saturated rings. The van der Waals surface area contributed by atoms with Crippen LogP contribution in [0, 0.1) is 11.3 Å². The van der Waals surface area contributed by atoms with E-state index in [1.165, 1.54) is 0 Å². The average molecular weight is 323 g/mol. The second-order valence-electron chi connectivity index (χ2n) is 4.25. The minimum absolute atomic E-state index is 0.0694. The molecule has 2 rings (SSSR count). The summed E-state index contributed by atoms with van der Waals surface area (Å²) in [6.45, 7) is 0.692. The summed E-state index contributed by atoms with van der Waals surface area (Å²) in [4.78, 5) is 9.97. The fraction of sp³-hybridized carbons (Fsp3) is 0.214. The first-order valence-corrected chi connectivity index (χ1v) is 6.92. The number of halogens is 2. The molecule has 2 aromatic rings. The largest absolute Gasteiger partial charge is 0.395 e. The fourth-order valence-corrected chi connectivity index (χ4v) is 2.11. The number of pyridine rings is 2. The molecule has 0 aliphatic rings. The Balaban J connectivity index is 2.32. The maximum absolute atomic E-state index is 9.23. The molecule has 108 valence electrons.